The van der Waals surface area contributed by atoms with E-state index in [1.807, 2.05) is 21.1 Å². The normalized spacial score (nSPS) is 13.7. The zero-order chi connectivity index (χ0) is 42.1. The first-order valence-corrected chi connectivity index (χ1v) is 25.1. The Morgan fingerprint density at radius 1 is 0.526 bits per heavy atom. The van der Waals surface area contributed by atoms with Crippen LogP contribution >= 0.6 is 7.82 Å². The van der Waals surface area contributed by atoms with E-state index in [1.54, 1.807) is 0 Å². The van der Waals surface area contributed by atoms with E-state index in [9.17, 15) is 19.0 Å². The average Bonchev–Trinajstić information content (AvgIpc) is 3.16. The molecule has 0 spiro atoms. The van der Waals surface area contributed by atoms with Gasteiger partial charge >= 0.3 is 19.8 Å². The molecular formula is C47H91NO8P+. The third kappa shape index (κ3) is 43.9. The number of rotatable bonds is 43. The van der Waals surface area contributed by atoms with Gasteiger partial charge in [0.15, 0.2) is 6.10 Å². The van der Waals surface area contributed by atoms with Crippen molar-refractivity contribution in [2.45, 2.75) is 219 Å². The summed E-state index contributed by atoms with van der Waals surface area (Å²) >= 11 is 0. The van der Waals surface area contributed by atoms with Crippen LogP contribution in [0.25, 0.3) is 0 Å². The number of carbonyl (C=O) groups is 2. The molecule has 336 valence electrons. The smallest absolute Gasteiger partial charge is 0.462 e. The lowest BCUT2D eigenvalue weighted by Crippen LogP contribution is -2.37. The highest BCUT2D eigenvalue weighted by molar-refractivity contribution is 7.47. The fourth-order valence-electron chi connectivity index (χ4n) is 6.47. The molecule has 0 saturated heterocycles. The predicted molar refractivity (Wildman–Crippen MR) is 238 cm³/mol. The maximum Gasteiger partial charge on any atom is 0.472 e. The molecule has 1 N–H and O–H groups in total. The highest BCUT2D eigenvalue weighted by Gasteiger charge is 2.27. The molecule has 0 fully saturated rings. The van der Waals surface area contributed by atoms with E-state index in [0.717, 1.165) is 64.2 Å². The van der Waals surface area contributed by atoms with Crippen LogP contribution in [0.5, 0.6) is 0 Å². The Bertz CT molecular complexity index is 1030. The fraction of sp³-hybridized carbons (Fsp3) is 0.872. The number of hydrogen-bond donors (Lipinski definition) is 1. The Balaban J connectivity index is 4.33. The second kappa shape index (κ2) is 39.9. The molecule has 0 aliphatic heterocycles. The van der Waals surface area contributed by atoms with Gasteiger partial charge < -0.3 is 18.9 Å². The number of phosphoric acid groups is 1. The average molecular weight is 829 g/mol. The van der Waals surface area contributed by atoms with E-state index >= 15 is 0 Å². The van der Waals surface area contributed by atoms with Gasteiger partial charge in [0.2, 0.25) is 0 Å². The Morgan fingerprint density at radius 2 is 0.895 bits per heavy atom. The molecule has 0 bridgehead atoms. The van der Waals surface area contributed by atoms with Gasteiger partial charge in [0.25, 0.3) is 0 Å². The monoisotopic (exact) mass is 829 g/mol. The lowest BCUT2D eigenvalue weighted by molar-refractivity contribution is -0.870. The topological polar surface area (TPSA) is 108 Å². The highest BCUT2D eigenvalue weighted by atomic mass is 31.2. The fourth-order valence-corrected chi connectivity index (χ4v) is 7.22. The number of unbranched alkanes of at least 4 members (excludes halogenated alkanes) is 25. The molecule has 0 aliphatic rings. The summed E-state index contributed by atoms with van der Waals surface area (Å²) in [7, 11) is 1.47. The molecule has 0 rings (SSSR count). The van der Waals surface area contributed by atoms with E-state index in [0.29, 0.717) is 17.4 Å². The summed E-state index contributed by atoms with van der Waals surface area (Å²) in [5, 5.41) is 0. The van der Waals surface area contributed by atoms with Gasteiger partial charge in [-0.1, -0.05) is 160 Å². The second-order valence-electron chi connectivity index (χ2n) is 17.1. The van der Waals surface area contributed by atoms with E-state index < -0.39 is 26.5 Å². The molecule has 0 radical (unpaired) electrons. The molecule has 0 saturated carbocycles. The van der Waals surface area contributed by atoms with E-state index in [2.05, 4.69) is 38.2 Å². The number of carbonyl (C=O) groups excluding carboxylic acids is 2. The van der Waals surface area contributed by atoms with Gasteiger partial charge in [0.1, 0.15) is 19.8 Å². The van der Waals surface area contributed by atoms with Crippen LogP contribution in [-0.2, 0) is 32.7 Å². The minimum atomic E-state index is -4.38. The maximum atomic E-state index is 12.7. The number of allylic oxidation sites excluding steroid dienone is 4. The molecule has 9 nitrogen and oxygen atoms in total. The van der Waals surface area contributed by atoms with E-state index in [1.165, 1.54) is 116 Å². The number of hydrogen-bond acceptors (Lipinski definition) is 7. The molecule has 57 heavy (non-hydrogen) atoms. The van der Waals surface area contributed by atoms with Crippen molar-refractivity contribution >= 4 is 19.8 Å². The SMILES string of the molecule is CCCCCCCC/C=C\CCCCCCCCCC(=O)O[C@H](COC(=O)CCCCCCC/C=C\CCCCCCCCC)COP(=O)(O)OCC[N+](C)(C)C. The van der Waals surface area contributed by atoms with Crippen LogP contribution < -0.4 is 0 Å². The molecule has 0 heterocycles. The van der Waals surface area contributed by atoms with Crippen LogP contribution in [0.15, 0.2) is 24.3 Å². The van der Waals surface area contributed by atoms with Crippen molar-refractivity contribution in [3.8, 4) is 0 Å². The maximum absolute atomic E-state index is 12.7. The molecule has 0 aromatic carbocycles. The second-order valence-corrected chi connectivity index (χ2v) is 18.6. The third-order valence-corrected chi connectivity index (χ3v) is 11.2. The lowest BCUT2D eigenvalue weighted by atomic mass is 10.1. The van der Waals surface area contributed by atoms with Gasteiger partial charge in [-0.05, 0) is 64.2 Å². The highest BCUT2D eigenvalue weighted by Crippen LogP contribution is 2.43. The van der Waals surface area contributed by atoms with Crippen molar-refractivity contribution < 1.29 is 42.1 Å². The van der Waals surface area contributed by atoms with Crippen LogP contribution in [0.1, 0.15) is 213 Å². The summed E-state index contributed by atoms with van der Waals surface area (Å²) in [5.41, 5.74) is 0. The Labute approximate surface area is 351 Å². The standard InChI is InChI=1S/C47H90NO8P/c1-6-8-10-12-14-16-18-20-22-24-26-28-30-32-34-36-38-40-47(50)56-45(44-55-57(51,52)54-42-41-48(3,4)5)43-53-46(49)39-37-35-33-31-29-27-25-23-21-19-17-15-13-11-9-7-2/h20,22-23,25,45H,6-19,21,24,26-44H2,1-5H3/p+1/b22-20-,25-23-/t45-/m1/s1. The number of ether oxygens (including phenoxy) is 2. The van der Waals surface area contributed by atoms with Crippen molar-refractivity contribution in [1.82, 2.24) is 0 Å². The lowest BCUT2D eigenvalue weighted by Gasteiger charge is -2.24. The summed E-state index contributed by atoms with van der Waals surface area (Å²) in [6, 6.07) is 0. The zero-order valence-electron chi connectivity index (χ0n) is 37.8. The molecule has 0 aromatic rings. The molecular weight excluding hydrogens is 737 g/mol. The Hall–Kier alpha value is -1.51. The number of likely N-dealkylation sites (N-methyl/N-ethyl adjacent to an activating group) is 1. The molecule has 10 heteroatoms. The largest absolute Gasteiger partial charge is 0.472 e. The summed E-state index contributed by atoms with van der Waals surface area (Å²) in [4.78, 5) is 35.4. The summed E-state index contributed by atoms with van der Waals surface area (Å²) in [6.45, 7) is 4.42. The van der Waals surface area contributed by atoms with Gasteiger partial charge in [0, 0.05) is 12.8 Å². The van der Waals surface area contributed by atoms with Crippen molar-refractivity contribution in [3.63, 3.8) is 0 Å². The molecule has 1 unspecified atom stereocenters. The molecule has 0 amide bonds. The van der Waals surface area contributed by atoms with Gasteiger partial charge in [-0.2, -0.15) is 0 Å². The molecule has 2 atom stereocenters. The first-order valence-electron chi connectivity index (χ1n) is 23.6. The summed E-state index contributed by atoms with van der Waals surface area (Å²) in [5.74, 6) is -0.807. The quantitative estimate of drug-likeness (QED) is 0.0213. The first kappa shape index (κ1) is 55.5. The Morgan fingerprint density at radius 3 is 1.30 bits per heavy atom. The molecule has 0 aromatic heterocycles. The van der Waals surface area contributed by atoms with Crippen LogP contribution in [0.3, 0.4) is 0 Å². The zero-order valence-corrected chi connectivity index (χ0v) is 38.7. The Kier molecular flexibility index (Phi) is 38.9. The minimum Gasteiger partial charge on any atom is -0.462 e. The van der Waals surface area contributed by atoms with Crippen LogP contribution in [0.4, 0.5) is 0 Å². The van der Waals surface area contributed by atoms with E-state index in [4.69, 9.17) is 18.5 Å². The van der Waals surface area contributed by atoms with Gasteiger partial charge in [-0.15, -0.1) is 0 Å². The number of esters is 2. The number of nitrogens with zero attached hydrogens (tertiary/aromatic N) is 1. The summed E-state index contributed by atoms with van der Waals surface area (Å²) in [6.07, 6.45) is 43.6. The van der Waals surface area contributed by atoms with Gasteiger partial charge in [-0.3, -0.25) is 18.6 Å². The van der Waals surface area contributed by atoms with Crippen LogP contribution in [-0.4, -0.2) is 74.9 Å². The predicted octanol–water partition coefficient (Wildman–Crippen LogP) is 13.5. The van der Waals surface area contributed by atoms with Crippen molar-refractivity contribution in [1.29, 1.82) is 0 Å². The van der Waals surface area contributed by atoms with Crippen LogP contribution in [0, 0.1) is 0 Å². The van der Waals surface area contributed by atoms with Crippen molar-refractivity contribution in [2.24, 2.45) is 0 Å². The van der Waals surface area contributed by atoms with Crippen molar-refractivity contribution in [3.05, 3.63) is 24.3 Å². The van der Waals surface area contributed by atoms with Gasteiger partial charge in [-0.25, -0.2) is 4.57 Å². The summed E-state index contributed by atoms with van der Waals surface area (Å²) < 4.78 is 34.4. The third-order valence-electron chi connectivity index (χ3n) is 10.2. The number of phosphoric ester groups is 1. The van der Waals surface area contributed by atoms with E-state index in [-0.39, 0.29) is 32.0 Å². The molecule has 0 aliphatic carbocycles. The minimum absolute atomic E-state index is 0.0308. The van der Waals surface area contributed by atoms with Crippen LogP contribution in [0.2, 0.25) is 0 Å². The number of quaternary nitrogens is 1. The van der Waals surface area contributed by atoms with Crippen molar-refractivity contribution in [2.75, 3.05) is 47.5 Å². The van der Waals surface area contributed by atoms with Gasteiger partial charge in [0.05, 0.1) is 27.7 Å². The first-order chi connectivity index (χ1) is 27.5.